The molecule has 0 aromatic heterocycles. The van der Waals surface area contributed by atoms with E-state index < -0.39 is 6.10 Å². The van der Waals surface area contributed by atoms with Crippen molar-refractivity contribution in [1.82, 2.24) is 0 Å². The quantitative estimate of drug-likeness (QED) is 0.397. The summed E-state index contributed by atoms with van der Waals surface area (Å²) in [5.74, 6) is -0.225. The van der Waals surface area contributed by atoms with Crippen LogP contribution in [-0.4, -0.2) is 17.9 Å². The van der Waals surface area contributed by atoms with Gasteiger partial charge < -0.3 is 15.4 Å². The van der Waals surface area contributed by atoms with Crippen LogP contribution >= 0.6 is 23.2 Å². The molecule has 3 aromatic carbocycles. The number of carbonyl (C=O) groups is 2. The number of hydrogen-bond donors (Lipinski definition) is 2. The van der Waals surface area contributed by atoms with Gasteiger partial charge in [0, 0.05) is 22.0 Å². The molecule has 0 spiro atoms. The van der Waals surface area contributed by atoms with Crippen LogP contribution in [0.1, 0.15) is 43.6 Å². The Morgan fingerprint density at radius 2 is 1.52 bits per heavy atom. The molecule has 0 saturated carbocycles. The standard InChI is InChI=1S/C26H26Cl2N2O3/c1-16(33-23-13-12-19(27)14-22(23)28)24(31)29-20-6-5-7-21(15-20)30-25(32)17-8-10-18(11-9-17)26(2,3)4/h5-16H,1-4H3,(H,29,31)(H,30,32)/t16-/m1/s1. The summed E-state index contributed by atoms with van der Waals surface area (Å²) in [6, 6.07) is 19.2. The van der Waals surface area contributed by atoms with E-state index in [0.717, 1.165) is 5.56 Å². The monoisotopic (exact) mass is 484 g/mol. The molecule has 2 N–H and O–H groups in total. The van der Waals surface area contributed by atoms with Gasteiger partial charge in [0.05, 0.1) is 5.02 Å². The van der Waals surface area contributed by atoms with Gasteiger partial charge in [-0.2, -0.15) is 0 Å². The molecule has 0 fully saturated rings. The minimum Gasteiger partial charge on any atom is -0.479 e. The molecule has 3 aromatic rings. The molecule has 2 amide bonds. The fourth-order valence-corrected chi connectivity index (χ4v) is 3.51. The van der Waals surface area contributed by atoms with Gasteiger partial charge in [-0.1, -0.05) is 62.2 Å². The van der Waals surface area contributed by atoms with Gasteiger partial charge >= 0.3 is 0 Å². The molecular formula is C26H26Cl2N2O3. The number of nitrogens with one attached hydrogen (secondary N) is 2. The van der Waals surface area contributed by atoms with Gasteiger partial charge in [-0.3, -0.25) is 9.59 Å². The Labute approximate surface area is 204 Å². The number of benzene rings is 3. The van der Waals surface area contributed by atoms with Crippen LogP contribution in [0.4, 0.5) is 11.4 Å². The van der Waals surface area contributed by atoms with E-state index in [2.05, 4.69) is 31.4 Å². The van der Waals surface area contributed by atoms with Crippen molar-refractivity contribution in [3.05, 3.63) is 87.9 Å². The summed E-state index contributed by atoms with van der Waals surface area (Å²) in [6.45, 7) is 7.99. The zero-order valence-corrected chi connectivity index (χ0v) is 20.4. The smallest absolute Gasteiger partial charge is 0.265 e. The summed E-state index contributed by atoms with van der Waals surface area (Å²) in [5.41, 5.74) is 2.81. The lowest BCUT2D eigenvalue weighted by molar-refractivity contribution is -0.122. The minimum absolute atomic E-state index is 0.0152. The number of rotatable bonds is 6. The average molecular weight is 485 g/mol. The molecule has 7 heteroatoms. The van der Waals surface area contributed by atoms with Gasteiger partial charge in [-0.25, -0.2) is 0 Å². The Bertz CT molecular complexity index is 1150. The normalized spacial score (nSPS) is 12.1. The zero-order valence-electron chi connectivity index (χ0n) is 18.9. The van der Waals surface area contributed by atoms with E-state index in [1.165, 1.54) is 0 Å². The topological polar surface area (TPSA) is 67.4 Å². The van der Waals surface area contributed by atoms with Gasteiger partial charge in [0.15, 0.2) is 6.10 Å². The lowest BCUT2D eigenvalue weighted by atomic mass is 9.87. The van der Waals surface area contributed by atoms with Crippen LogP contribution in [0.15, 0.2) is 66.7 Å². The van der Waals surface area contributed by atoms with E-state index in [4.69, 9.17) is 27.9 Å². The van der Waals surface area contributed by atoms with Crippen molar-refractivity contribution in [3.63, 3.8) is 0 Å². The molecule has 0 aliphatic rings. The Morgan fingerprint density at radius 1 is 0.879 bits per heavy atom. The number of ether oxygens (including phenoxy) is 1. The maximum absolute atomic E-state index is 12.6. The maximum Gasteiger partial charge on any atom is 0.265 e. The Hall–Kier alpha value is -3.02. The molecule has 5 nitrogen and oxygen atoms in total. The van der Waals surface area contributed by atoms with Crippen LogP contribution < -0.4 is 15.4 Å². The highest BCUT2D eigenvalue weighted by Crippen LogP contribution is 2.28. The summed E-state index contributed by atoms with van der Waals surface area (Å²) >= 11 is 12.0. The lowest BCUT2D eigenvalue weighted by Crippen LogP contribution is -2.30. The van der Waals surface area contributed by atoms with Gasteiger partial charge in [-0.05, 0) is 66.4 Å². The first-order valence-corrected chi connectivity index (χ1v) is 11.2. The molecule has 0 saturated heterocycles. The van der Waals surface area contributed by atoms with E-state index in [-0.39, 0.29) is 17.2 Å². The third-order valence-electron chi connectivity index (χ3n) is 4.97. The van der Waals surface area contributed by atoms with Gasteiger partial charge in [0.2, 0.25) is 0 Å². The molecule has 172 valence electrons. The van der Waals surface area contributed by atoms with Crippen LogP contribution in [0.2, 0.25) is 10.0 Å². The first kappa shape index (κ1) is 24.6. The molecule has 33 heavy (non-hydrogen) atoms. The Kier molecular flexibility index (Phi) is 7.67. The van der Waals surface area contributed by atoms with Crippen molar-refractivity contribution in [2.45, 2.75) is 39.2 Å². The number of halogens is 2. The van der Waals surface area contributed by atoms with Crippen molar-refractivity contribution in [2.24, 2.45) is 0 Å². The largest absolute Gasteiger partial charge is 0.479 e. The predicted molar refractivity (Wildman–Crippen MR) is 135 cm³/mol. The highest BCUT2D eigenvalue weighted by Gasteiger charge is 2.17. The number of amides is 2. The van der Waals surface area contributed by atoms with E-state index in [9.17, 15) is 9.59 Å². The summed E-state index contributed by atoms with van der Waals surface area (Å²) in [6.07, 6.45) is -0.803. The van der Waals surface area contributed by atoms with Crippen molar-refractivity contribution < 1.29 is 14.3 Å². The molecule has 0 aliphatic heterocycles. The van der Waals surface area contributed by atoms with Crippen molar-refractivity contribution in [3.8, 4) is 5.75 Å². The van der Waals surface area contributed by atoms with Gasteiger partial charge in [0.1, 0.15) is 5.75 Å². The highest BCUT2D eigenvalue weighted by atomic mass is 35.5. The van der Waals surface area contributed by atoms with Crippen LogP contribution in [0.25, 0.3) is 0 Å². The number of carbonyl (C=O) groups excluding carboxylic acids is 2. The van der Waals surface area contributed by atoms with Crippen LogP contribution in [0.3, 0.4) is 0 Å². The molecular weight excluding hydrogens is 459 g/mol. The average Bonchev–Trinajstić information content (AvgIpc) is 2.75. The third kappa shape index (κ3) is 6.73. The van der Waals surface area contributed by atoms with Crippen molar-refractivity contribution in [1.29, 1.82) is 0 Å². The van der Waals surface area contributed by atoms with Crippen LogP contribution in [-0.2, 0) is 10.2 Å². The number of anilines is 2. The minimum atomic E-state index is -0.803. The zero-order chi connectivity index (χ0) is 24.2. The SMILES string of the molecule is C[C@@H](Oc1ccc(Cl)cc1Cl)C(=O)Nc1cccc(NC(=O)c2ccc(C(C)(C)C)cc2)c1. The second-order valence-corrected chi connectivity index (χ2v) is 9.53. The van der Waals surface area contributed by atoms with Crippen molar-refractivity contribution in [2.75, 3.05) is 10.6 Å². The third-order valence-corrected chi connectivity index (χ3v) is 5.50. The van der Waals surface area contributed by atoms with E-state index in [1.807, 2.05) is 24.3 Å². The van der Waals surface area contributed by atoms with E-state index in [1.54, 1.807) is 49.4 Å². The fourth-order valence-electron chi connectivity index (χ4n) is 3.06. The lowest BCUT2D eigenvalue weighted by Gasteiger charge is -2.19. The fraction of sp³-hybridized carbons (Fsp3) is 0.231. The predicted octanol–water partition coefficient (Wildman–Crippen LogP) is 6.95. The maximum atomic E-state index is 12.6. The molecule has 0 radical (unpaired) electrons. The molecule has 0 bridgehead atoms. The van der Waals surface area contributed by atoms with E-state index >= 15 is 0 Å². The molecule has 0 aliphatic carbocycles. The van der Waals surface area contributed by atoms with Crippen molar-refractivity contribution >= 4 is 46.4 Å². The number of hydrogen-bond acceptors (Lipinski definition) is 3. The Balaban J connectivity index is 1.63. The Morgan fingerprint density at radius 3 is 2.12 bits per heavy atom. The second-order valence-electron chi connectivity index (χ2n) is 8.69. The summed E-state index contributed by atoms with van der Waals surface area (Å²) in [5, 5.41) is 6.45. The van der Waals surface area contributed by atoms with Crippen LogP contribution in [0, 0.1) is 0 Å². The summed E-state index contributed by atoms with van der Waals surface area (Å²) in [4.78, 5) is 25.2. The summed E-state index contributed by atoms with van der Waals surface area (Å²) < 4.78 is 5.65. The van der Waals surface area contributed by atoms with E-state index in [0.29, 0.717) is 32.7 Å². The highest BCUT2D eigenvalue weighted by molar-refractivity contribution is 6.35. The van der Waals surface area contributed by atoms with Gasteiger partial charge in [-0.15, -0.1) is 0 Å². The summed E-state index contributed by atoms with van der Waals surface area (Å²) in [7, 11) is 0. The molecule has 0 unspecified atom stereocenters. The van der Waals surface area contributed by atoms with Crippen LogP contribution in [0.5, 0.6) is 5.75 Å². The molecule has 3 rings (SSSR count). The van der Waals surface area contributed by atoms with Gasteiger partial charge in [0.25, 0.3) is 11.8 Å². The molecule has 1 atom stereocenters. The first-order chi connectivity index (χ1) is 15.5. The first-order valence-electron chi connectivity index (χ1n) is 10.5. The second kappa shape index (κ2) is 10.3. The molecule has 0 heterocycles.